The molecule has 1 fully saturated rings. The number of methoxy groups -OCH3 is 1. The lowest BCUT2D eigenvalue weighted by Gasteiger charge is -2.32. The van der Waals surface area contributed by atoms with E-state index in [1.54, 1.807) is 0 Å². The summed E-state index contributed by atoms with van der Waals surface area (Å²) in [6.07, 6.45) is -1.65. The van der Waals surface area contributed by atoms with Crippen LogP contribution in [-0.4, -0.2) is 76.0 Å². The fourth-order valence-corrected chi connectivity index (χ4v) is 3.85. The molecule has 1 saturated heterocycles. The van der Waals surface area contributed by atoms with Crippen LogP contribution in [-0.2, 0) is 9.53 Å². The minimum absolute atomic E-state index is 0.00246. The second kappa shape index (κ2) is 9.78. The van der Waals surface area contributed by atoms with Crippen molar-refractivity contribution in [3.05, 3.63) is 17.7 Å². The Morgan fingerprint density at radius 1 is 1.25 bits per heavy atom. The number of amides is 2. The Kier molecular flexibility index (Phi) is 7.49. The van der Waals surface area contributed by atoms with E-state index in [9.17, 15) is 19.5 Å². The molecule has 0 bridgehead atoms. The first kappa shape index (κ1) is 24.5. The summed E-state index contributed by atoms with van der Waals surface area (Å²) in [6, 6.07) is 2.02. The van der Waals surface area contributed by atoms with Gasteiger partial charge in [0.1, 0.15) is 6.61 Å². The number of aliphatic carboxylic acids is 1. The number of fused-ring (bicyclic) bond motifs is 2. The van der Waals surface area contributed by atoms with Crippen LogP contribution in [0.1, 0.15) is 29.6 Å². The van der Waals surface area contributed by atoms with Crippen molar-refractivity contribution in [2.24, 2.45) is 0 Å². The van der Waals surface area contributed by atoms with Crippen LogP contribution in [0.2, 0.25) is 0 Å². The van der Waals surface area contributed by atoms with Crippen LogP contribution >= 0.6 is 34.8 Å². The summed E-state index contributed by atoms with van der Waals surface area (Å²) in [4.78, 5) is 39.4. The zero-order valence-electron chi connectivity index (χ0n) is 16.9. The Morgan fingerprint density at radius 2 is 1.97 bits per heavy atom. The molecule has 0 aliphatic carbocycles. The second-order valence-electron chi connectivity index (χ2n) is 7.17. The lowest BCUT2D eigenvalue weighted by atomic mass is 10.1. The van der Waals surface area contributed by atoms with Gasteiger partial charge in [-0.05, 0) is 18.9 Å². The normalized spacial score (nSPS) is 20.3. The quantitative estimate of drug-likeness (QED) is 0.559. The molecule has 2 aliphatic heterocycles. The van der Waals surface area contributed by atoms with Crippen LogP contribution in [0, 0.1) is 0 Å². The molecule has 2 atom stereocenters. The number of hydrogen-bond acceptors (Lipinski definition) is 7. The van der Waals surface area contributed by atoms with Gasteiger partial charge in [-0.3, -0.25) is 9.59 Å². The first-order chi connectivity index (χ1) is 15.0. The number of rotatable bonds is 6. The van der Waals surface area contributed by atoms with Crippen LogP contribution < -0.4 is 14.4 Å². The molecule has 13 heteroatoms. The summed E-state index contributed by atoms with van der Waals surface area (Å²) in [5.74, 6) is -1.24. The fourth-order valence-electron chi connectivity index (χ4n) is 3.68. The predicted molar refractivity (Wildman–Crippen MR) is 115 cm³/mol. The highest BCUT2D eigenvalue weighted by atomic mass is 35.6. The van der Waals surface area contributed by atoms with Crippen molar-refractivity contribution >= 4 is 58.5 Å². The number of aliphatic hydroxyl groups excluding tert-OH is 1. The third-order valence-corrected chi connectivity index (χ3v) is 5.40. The van der Waals surface area contributed by atoms with E-state index < -0.39 is 40.6 Å². The van der Waals surface area contributed by atoms with Gasteiger partial charge in [0.05, 0.1) is 37.4 Å². The number of aliphatic hydroxyl groups is 1. The third kappa shape index (κ3) is 5.25. The number of alkyl halides is 3. The number of carboxylic acid groups (broad SMARTS) is 1. The zero-order chi connectivity index (χ0) is 23.6. The molecule has 0 spiro atoms. The van der Waals surface area contributed by atoms with Crippen LogP contribution in [0.3, 0.4) is 0 Å². The first-order valence-electron chi connectivity index (χ1n) is 9.62. The van der Waals surface area contributed by atoms with E-state index in [4.69, 9.17) is 54.1 Å². The Balaban J connectivity index is 2.06. The molecular formula is C19H21Cl3N2O8. The summed E-state index contributed by atoms with van der Waals surface area (Å²) in [5, 5.41) is 19.9. The van der Waals surface area contributed by atoms with E-state index in [1.807, 2.05) is 0 Å². The van der Waals surface area contributed by atoms with Gasteiger partial charge >= 0.3 is 12.1 Å². The molecule has 2 N–H and O–H groups in total. The SMILES string of the molecule is COc1cc2c(cc1OCCC(=O)O)N(C(=O)OCC(Cl)(Cl)Cl)[C@@H](O)[C@@H]1CCCN1C2=O. The number of halogens is 3. The van der Waals surface area contributed by atoms with Gasteiger partial charge in [0, 0.05) is 12.6 Å². The Morgan fingerprint density at radius 3 is 2.59 bits per heavy atom. The lowest BCUT2D eigenvalue weighted by molar-refractivity contribution is -0.137. The average molecular weight is 512 g/mol. The Labute approximate surface area is 198 Å². The number of carbonyl (C=O) groups is 3. The van der Waals surface area contributed by atoms with Crippen LogP contribution in [0.5, 0.6) is 11.5 Å². The Bertz CT molecular complexity index is 907. The number of benzene rings is 1. The van der Waals surface area contributed by atoms with Gasteiger partial charge < -0.3 is 29.3 Å². The monoisotopic (exact) mass is 510 g/mol. The topological polar surface area (TPSA) is 126 Å². The number of ether oxygens (including phenoxy) is 3. The maximum absolute atomic E-state index is 13.2. The smallest absolute Gasteiger partial charge is 0.416 e. The zero-order valence-corrected chi connectivity index (χ0v) is 19.2. The van der Waals surface area contributed by atoms with Crippen molar-refractivity contribution in [1.82, 2.24) is 4.90 Å². The van der Waals surface area contributed by atoms with E-state index in [2.05, 4.69) is 0 Å². The average Bonchev–Trinajstić information content (AvgIpc) is 3.18. The van der Waals surface area contributed by atoms with Gasteiger partial charge in [0.15, 0.2) is 17.7 Å². The highest BCUT2D eigenvalue weighted by molar-refractivity contribution is 6.67. The predicted octanol–water partition coefficient (Wildman–Crippen LogP) is 2.80. The molecule has 1 aromatic carbocycles. The van der Waals surface area contributed by atoms with Gasteiger partial charge in [-0.15, -0.1) is 0 Å². The molecule has 0 aromatic heterocycles. The van der Waals surface area contributed by atoms with Gasteiger partial charge in [-0.1, -0.05) is 34.8 Å². The van der Waals surface area contributed by atoms with Crippen molar-refractivity contribution in [3.8, 4) is 11.5 Å². The highest BCUT2D eigenvalue weighted by Gasteiger charge is 2.45. The standard InChI is InChI=1S/C19H21Cl3N2O8/c1-30-13-7-10-12(8-14(13)31-6-4-15(25)26)24(18(29)32-9-19(20,21)22)17(28)11-3-2-5-23(11)16(10)27/h7-8,11,17,28H,2-6,9H2,1H3,(H,25,26)/t11-,17-/m0/s1. The van der Waals surface area contributed by atoms with E-state index in [1.165, 1.54) is 24.1 Å². The lowest BCUT2D eigenvalue weighted by Crippen LogP contribution is -2.51. The van der Waals surface area contributed by atoms with Gasteiger partial charge in [-0.2, -0.15) is 0 Å². The molecular weight excluding hydrogens is 491 g/mol. The van der Waals surface area contributed by atoms with E-state index in [0.29, 0.717) is 19.4 Å². The highest BCUT2D eigenvalue weighted by Crippen LogP contribution is 2.41. The summed E-state index contributed by atoms with van der Waals surface area (Å²) in [5.41, 5.74) is 0.0686. The minimum Gasteiger partial charge on any atom is -0.493 e. The summed E-state index contributed by atoms with van der Waals surface area (Å²) < 4.78 is 14.0. The Hall–Kier alpha value is -2.14. The molecule has 1 aromatic rings. The summed E-state index contributed by atoms with van der Waals surface area (Å²) in [7, 11) is 1.35. The first-order valence-corrected chi connectivity index (χ1v) is 10.7. The number of hydrogen-bond donors (Lipinski definition) is 2. The van der Waals surface area contributed by atoms with Crippen molar-refractivity contribution in [2.45, 2.75) is 35.3 Å². The molecule has 32 heavy (non-hydrogen) atoms. The molecule has 2 amide bonds. The summed E-state index contributed by atoms with van der Waals surface area (Å²) >= 11 is 17.0. The van der Waals surface area contributed by atoms with E-state index in [-0.39, 0.29) is 35.8 Å². The molecule has 0 unspecified atom stereocenters. The van der Waals surface area contributed by atoms with Crippen LogP contribution in [0.15, 0.2) is 12.1 Å². The summed E-state index contributed by atoms with van der Waals surface area (Å²) in [6.45, 7) is -0.376. The molecule has 0 saturated carbocycles. The van der Waals surface area contributed by atoms with E-state index >= 15 is 0 Å². The van der Waals surface area contributed by atoms with Gasteiger partial charge in [0.2, 0.25) is 3.79 Å². The fraction of sp³-hybridized carbons (Fsp3) is 0.526. The van der Waals surface area contributed by atoms with Crippen molar-refractivity contribution in [1.29, 1.82) is 0 Å². The maximum Gasteiger partial charge on any atom is 0.416 e. The van der Waals surface area contributed by atoms with E-state index in [0.717, 1.165) is 4.90 Å². The molecule has 176 valence electrons. The second-order valence-corrected chi connectivity index (χ2v) is 9.69. The minimum atomic E-state index is -1.88. The number of nitrogens with zero attached hydrogens (tertiary/aromatic N) is 2. The largest absolute Gasteiger partial charge is 0.493 e. The number of carbonyl (C=O) groups excluding carboxylic acids is 2. The molecule has 2 aliphatic rings. The molecule has 0 radical (unpaired) electrons. The van der Waals surface area contributed by atoms with Crippen LogP contribution in [0.25, 0.3) is 0 Å². The van der Waals surface area contributed by atoms with Crippen LogP contribution in [0.4, 0.5) is 10.5 Å². The van der Waals surface area contributed by atoms with Gasteiger partial charge in [0.25, 0.3) is 5.91 Å². The molecule has 3 rings (SSSR count). The van der Waals surface area contributed by atoms with Crippen molar-refractivity contribution in [3.63, 3.8) is 0 Å². The van der Waals surface area contributed by atoms with Gasteiger partial charge in [-0.25, -0.2) is 9.69 Å². The molecule has 10 nitrogen and oxygen atoms in total. The van der Waals surface area contributed by atoms with Crippen molar-refractivity contribution < 1.29 is 38.8 Å². The number of carboxylic acids is 1. The maximum atomic E-state index is 13.2. The molecule has 2 heterocycles. The third-order valence-electron chi connectivity index (χ3n) is 5.07. The number of anilines is 1. The van der Waals surface area contributed by atoms with Crippen molar-refractivity contribution in [2.75, 3.05) is 31.8 Å².